The largest absolute Gasteiger partial charge is 0.462 e. The molecule has 2 atom stereocenters. The summed E-state index contributed by atoms with van der Waals surface area (Å²) in [6, 6.07) is 22.5. The van der Waals surface area contributed by atoms with Crippen LogP contribution in [0.2, 0.25) is 0 Å². The zero-order valence-corrected chi connectivity index (χ0v) is 22.0. The van der Waals surface area contributed by atoms with Crippen LogP contribution in [0.5, 0.6) is 0 Å². The second kappa shape index (κ2) is 10.2. The van der Waals surface area contributed by atoms with E-state index in [1.807, 2.05) is 41.1 Å². The van der Waals surface area contributed by atoms with E-state index in [0.717, 1.165) is 50.0 Å². The predicted octanol–water partition coefficient (Wildman–Crippen LogP) is 6.50. The van der Waals surface area contributed by atoms with Gasteiger partial charge in [0.15, 0.2) is 0 Å². The molecule has 1 aliphatic heterocycles. The van der Waals surface area contributed by atoms with Crippen LogP contribution in [-0.4, -0.2) is 38.0 Å². The number of hydrogen-bond donors (Lipinski definition) is 1. The van der Waals surface area contributed by atoms with Gasteiger partial charge < -0.3 is 9.84 Å². The van der Waals surface area contributed by atoms with E-state index in [2.05, 4.69) is 26.0 Å². The van der Waals surface area contributed by atoms with Gasteiger partial charge in [0.25, 0.3) is 0 Å². The Morgan fingerprint density at radius 3 is 2.26 bits per heavy atom. The summed E-state index contributed by atoms with van der Waals surface area (Å²) in [7, 11) is 0. The van der Waals surface area contributed by atoms with Crippen molar-refractivity contribution >= 4 is 27.8 Å². The van der Waals surface area contributed by atoms with Crippen LogP contribution in [0, 0.1) is 5.82 Å². The summed E-state index contributed by atoms with van der Waals surface area (Å²) in [4.78, 5) is 16.9. The molecule has 0 saturated carbocycles. The molecule has 1 N–H and O–H groups in total. The van der Waals surface area contributed by atoms with E-state index in [1.54, 1.807) is 12.1 Å². The standard InChI is InChI=1S/C32H30FN3O3/c1-19(2)30-26(16-15-23-17-22(37)18-29(38)39-23)31(20-11-13-21(33)14-12-20)36(35-30)32-24-7-3-5-9-27(24)34-28-10-6-4-8-25(28)32/h3-14,19,22-23,37H,15-18H2,1-2H3/t22-,23-/m1/s1. The second-order valence-corrected chi connectivity index (χ2v) is 10.5. The molecule has 1 saturated heterocycles. The summed E-state index contributed by atoms with van der Waals surface area (Å²) in [5, 5.41) is 17.3. The topological polar surface area (TPSA) is 77.2 Å². The van der Waals surface area contributed by atoms with Gasteiger partial charge in [0.05, 0.1) is 40.6 Å². The maximum Gasteiger partial charge on any atom is 0.308 e. The molecular weight excluding hydrogens is 493 g/mol. The van der Waals surface area contributed by atoms with Gasteiger partial charge in [0.2, 0.25) is 0 Å². The minimum Gasteiger partial charge on any atom is -0.462 e. The SMILES string of the molecule is CC(C)c1nn(-c2c3ccccc3nc3ccccc23)c(-c2ccc(F)cc2)c1CC[C@@H]1C[C@@H](O)CC(=O)O1. The Balaban J connectivity index is 1.59. The highest BCUT2D eigenvalue weighted by Gasteiger charge is 2.29. The fourth-order valence-corrected chi connectivity index (χ4v) is 5.63. The molecule has 0 bridgehead atoms. The lowest BCUT2D eigenvalue weighted by Gasteiger charge is -2.26. The number of para-hydroxylation sites is 2. The van der Waals surface area contributed by atoms with Crippen LogP contribution in [0.3, 0.4) is 0 Å². The van der Waals surface area contributed by atoms with Crippen molar-refractivity contribution in [1.82, 2.24) is 14.8 Å². The molecule has 39 heavy (non-hydrogen) atoms. The molecule has 6 nitrogen and oxygen atoms in total. The number of halogens is 1. The fourth-order valence-electron chi connectivity index (χ4n) is 5.63. The summed E-state index contributed by atoms with van der Waals surface area (Å²) >= 11 is 0. The quantitative estimate of drug-likeness (QED) is 0.203. The van der Waals surface area contributed by atoms with E-state index in [4.69, 9.17) is 14.8 Å². The third kappa shape index (κ3) is 4.79. The first kappa shape index (κ1) is 25.2. The van der Waals surface area contributed by atoms with Crippen LogP contribution >= 0.6 is 0 Å². The Kier molecular flexibility index (Phi) is 6.61. The lowest BCUT2D eigenvalue weighted by molar-refractivity contribution is -0.160. The highest BCUT2D eigenvalue weighted by Crippen LogP contribution is 2.38. The van der Waals surface area contributed by atoms with Crippen LogP contribution < -0.4 is 0 Å². The van der Waals surface area contributed by atoms with Crippen molar-refractivity contribution in [2.45, 2.75) is 57.7 Å². The third-order valence-corrected chi connectivity index (χ3v) is 7.40. The first-order valence-corrected chi connectivity index (χ1v) is 13.4. The van der Waals surface area contributed by atoms with Crippen LogP contribution in [0.25, 0.3) is 38.8 Å². The number of ether oxygens (including phenoxy) is 1. The number of rotatable bonds is 6. The second-order valence-electron chi connectivity index (χ2n) is 10.5. The van der Waals surface area contributed by atoms with Crippen molar-refractivity contribution in [2.75, 3.05) is 0 Å². The first-order chi connectivity index (χ1) is 18.9. The minimum absolute atomic E-state index is 0.0364. The Hall–Kier alpha value is -4.10. The molecule has 0 spiro atoms. The van der Waals surface area contributed by atoms with Gasteiger partial charge in [-0.15, -0.1) is 0 Å². The van der Waals surface area contributed by atoms with Gasteiger partial charge in [0, 0.05) is 28.3 Å². The van der Waals surface area contributed by atoms with E-state index in [-0.39, 0.29) is 30.2 Å². The number of aromatic nitrogens is 3. The van der Waals surface area contributed by atoms with Gasteiger partial charge in [-0.2, -0.15) is 5.10 Å². The van der Waals surface area contributed by atoms with Crippen molar-refractivity contribution in [3.8, 4) is 16.9 Å². The van der Waals surface area contributed by atoms with Crippen molar-refractivity contribution < 1.29 is 19.0 Å². The number of pyridine rings is 1. The van der Waals surface area contributed by atoms with Crippen molar-refractivity contribution in [3.05, 3.63) is 89.9 Å². The van der Waals surface area contributed by atoms with Crippen LogP contribution in [0.1, 0.15) is 50.3 Å². The zero-order valence-electron chi connectivity index (χ0n) is 22.0. The van der Waals surface area contributed by atoms with Gasteiger partial charge in [0.1, 0.15) is 11.9 Å². The summed E-state index contributed by atoms with van der Waals surface area (Å²) in [5.41, 5.74) is 6.33. The van der Waals surface area contributed by atoms with Gasteiger partial charge in [-0.25, -0.2) is 14.1 Å². The van der Waals surface area contributed by atoms with Crippen molar-refractivity contribution in [1.29, 1.82) is 0 Å². The lowest BCUT2D eigenvalue weighted by atomic mass is 9.93. The van der Waals surface area contributed by atoms with Gasteiger partial charge >= 0.3 is 5.97 Å². The maximum atomic E-state index is 14.0. The van der Waals surface area contributed by atoms with E-state index in [0.29, 0.717) is 19.3 Å². The molecule has 2 aromatic heterocycles. The molecule has 0 amide bonds. The average molecular weight is 524 g/mol. The maximum absolute atomic E-state index is 14.0. The number of hydrogen-bond acceptors (Lipinski definition) is 5. The molecule has 7 heteroatoms. The number of aliphatic hydroxyl groups excluding tert-OH is 1. The Morgan fingerprint density at radius 1 is 1.00 bits per heavy atom. The van der Waals surface area contributed by atoms with Gasteiger partial charge in [-0.3, -0.25) is 4.79 Å². The Labute approximate surface area is 226 Å². The molecular formula is C32H30FN3O3. The number of carbonyl (C=O) groups is 1. The lowest BCUT2D eigenvalue weighted by Crippen LogP contribution is -2.32. The number of cyclic esters (lactones) is 1. The van der Waals surface area contributed by atoms with E-state index in [1.165, 1.54) is 12.1 Å². The van der Waals surface area contributed by atoms with E-state index < -0.39 is 6.10 Å². The van der Waals surface area contributed by atoms with Crippen LogP contribution in [-0.2, 0) is 16.0 Å². The molecule has 3 heterocycles. The summed E-state index contributed by atoms with van der Waals surface area (Å²) < 4.78 is 21.6. The third-order valence-electron chi connectivity index (χ3n) is 7.40. The van der Waals surface area contributed by atoms with E-state index in [9.17, 15) is 14.3 Å². The molecule has 0 unspecified atom stereocenters. The molecule has 1 aliphatic rings. The van der Waals surface area contributed by atoms with Crippen LogP contribution in [0.15, 0.2) is 72.8 Å². The summed E-state index contributed by atoms with van der Waals surface area (Å²) in [6.07, 6.45) is 0.548. The minimum atomic E-state index is -0.686. The molecule has 198 valence electrons. The Morgan fingerprint density at radius 2 is 1.64 bits per heavy atom. The monoisotopic (exact) mass is 523 g/mol. The van der Waals surface area contributed by atoms with Crippen molar-refractivity contribution in [2.24, 2.45) is 0 Å². The number of aliphatic hydroxyl groups is 1. The first-order valence-electron chi connectivity index (χ1n) is 13.4. The smallest absolute Gasteiger partial charge is 0.308 e. The molecule has 3 aromatic carbocycles. The molecule has 1 fully saturated rings. The normalized spacial score (nSPS) is 17.7. The van der Waals surface area contributed by atoms with Crippen LogP contribution in [0.4, 0.5) is 4.39 Å². The number of esters is 1. The number of benzene rings is 3. The van der Waals surface area contributed by atoms with Gasteiger partial charge in [-0.1, -0.05) is 50.2 Å². The highest BCUT2D eigenvalue weighted by atomic mass is 19.1. The zero-order chi connectivity index (χ0) is 27.1. The summed E-state index contributed by atoms with van der Waals surface area (Å²) in [6.45, 7) is 4.22. The molecule has 0 aliphatic carbocycles. The van der Waals surface area contributed by atoms with Gasteiger partial charge in [-0.05, 0) is 55.2 Å². The highest BCUT2D eigenvalue weighted by molar-refractivity contribution is 6.03. The number of nitrogens with zero attached hydrogens (tertiary/aromatic N) is 3. The summed E-state index contributed by atoms with van der Waals surface area (Å²) in [5.74, 6) is -0.565. The molecule has 6 rings (SSSR count). The predicted molar refractivity (Wildman–Crippen MR) is 149 cm³/mol. The Bertz CT molecular complexity index is 1620. The van der Waals surface area contributed by atoms with E-state index >= 15 is 0 Å². The average Bonchev–Trinajstić information content (AvgIpc) is 3.29. The fraction of sp³-hybridized carbons (Fsp3) is 0.281. The van der Waals surface area contributed by atoms with Crippen molar-refractivity contribution in [3.63, 3.8) is 0 Å². The number of carbonyl (C=O) groups excluding carboxylic acids is 1. The number of fused-ring (bicyclic) bond motifs is 2. The molecule has 0 radical (unpaired) electrons. The molecule has 5 aromatic rings.